The van der Waals surface area contributed by atoms with Gasteiger partial charge in [0, 0.05) is 6.54 Å². The monoisotopic (exact) mass is 347 g/mol. The van der Waals surface area contributed by atoms with Crippen molar-refractivity contribution in [2.24, 2.45) is 5.92 Å². The predicted octanol–water partition coefficient (Wildman–Crippen LogP) is 4.81. The van der Waals surface area contributed by atoms with Crippen molar-refractivity contribution in [1.82, 2.24) is 0 Å². The van der Waals surface area contributed by atoms with Crippen LogP contribution in [0.3, 0.4) is 0 Å². The highest BCUT2D eigenvalue weighted by Crippen LogP contribution is 2.25. The van der Waals surface area contributed by atoms with Crippen molar-refractivity contribution in [2.45, 2.75) is 38.5 Å². The van der Waals surface area contributed by atoms with E-state index in [-0.39, 0.29) is 5.82 Å². The second-order valence-electron chi connectivity index (χ2n) is 4.84. The van der Waals surface area contributed by atoms with Crippen LogP contribution >= 0.6 is 22.6 Å². The summed E-state index contributed by atoms with van der Waals surface area (Å²) in [6.45, 7) is 0.986. The Morgan fingerprint density at radius 1 is 1.18 bits per heavy atom. The summed E-state index contributed by atoms with van der Waals surface area (Å²) in [5.74, 6) is 0.632. The number of nitrogens with one attached hydrogen (secondary N) is 1. The molecule has 0 bridgehead atoms. The Hall–Kier alpha value is -0.320. The summed E-state index contributed by atoms with van der Waals surface area (Å²) in [5, 5.41) is 3.40. The smallest absolute Gasteiger partial charge is 0.138 e. The van der Waals surface area contributed by atoms with Crippen LogP contribution in [-0.4, -0.2) is 6.54 Å². The van der Waals surface area contributed by atoms with Crippen molar-refractivity contribution in [3.63, 3.8) is 0 Å². The highest BCUT2D eigenvalue weighted by atomic mass is 127. The lowest BCUT2D eigenvalue weighted by Gasteiger charge is -2.16. The van der Waals surface area contributed by atoms with E-state index in [1.54, 1.807) is 6.07 Å². The maximum atomic E-state index is 13.4. The van der Waals surface area contributed by atoms with E-state index in [1.165, 1.54) is 44.6 Å². The molecule has 94 valence electrons. The van der Waals surface area contributed by atoms with Crippen molar-refractivity contribution in [2.75, 3.05) is 11.9 Å². The van der Waals surface area contributed by atoms with Crippen LogP contribution in [0.15, 0.2) is 18.2 Å². The van der Waals surface area contributed by atoms with E-state index in [9.17, 15) is 4.39 Å². The molecule has 1 fully saturated rings. The van der Waals surface area contributed by atoms with Crippen molar-refractivity contribution in [3.05, 3.63) is 27.6 Å². The highest BCUT2D eigenvalue weighted by molar-refractivity contribution is 14.1. The number of anilines is 1. The molecule has 0 heterocycles. The average Bonchev–Trinajstić information content (AvgIpc) is 2.59. The molecular weight excluding hydrogens is 328 g/mol. The van der Waals surface area contributed by atoms with Gasteiger partial charge in [0.2, 0.25) is 0 Å². The van der Waals surface area contributed by atoms with Gasteiger partial charge in [-0.2, -0.15) is 0 Å². The van der Waals surface area contributed by atoms with Crippen LogP contribution in [0.4, 0.5) is 10.1 Å². The van der Waals surface area contributed by atoms with E-state index in [1.807, 2.05) is 6.07 Å². The lowest BCUT2D eigenvalue weighted by atomic mass is 10.0. The first-order valence-corrected chi connectivity index (χ1v) is 7.53. The molecule has 1 aliphatic carbocycles. The quantitative estimate of drug-likeness (QED) is 0.611. The van der Waals surface area contributed by atoms with Gasteiger partial charge in [-0.1, -0.05) is 31.7 Å². The van der Waals surface area contributed by atoms with Gasteiger partial charge in [-0.3, -0.25) is 0 Å². The Kier molecular flexibility index (Phi) is 5.07. The predicted molar refractivity (Wildman–Crippen MR) is 78.8 cm³/mol. The highest BCUT2D eigenvalue weighted by Gasteiger charge is 2.13. The molecule has 1 aromatic carbocycles. The molecule has 0 unspecified atom stereocenters. The third kappa shape index (κ3) is 3.83. The SMILES string of the molecule is Fc1cccc(NCC2CCCCCC2)c1I. The molecule has 0 radical (unpaired) electrons. The van der Waals surface area contributed by atoms with Crippen molar-refractivity contribution < 1.29 is 4.39 Å². The molecule has 0 atom stereocenters. The summed E-state index contributed by atoms with van der Waals surface area (Å²) in [6, 6.07) is 5.24. The van der Waals surface area contributed by atoms with Gasteiger partial charge in [-0.15, -0.1) is 0 Å². The van der Waals surface area contributed by atoms with Gasteiger partial charge in [-0.05, 0) is 53.5 Å². The first-order chi connectivity index (χ1) is 8.27. The average molecular weight is 347 g/mol. The second kappa shape index (κ2) is 6.57. The summed E-state index contributed by atoms with van der Waals surface area (Å²) in [4.78, 5) is 0. The molecule has 1 aromatic rings. The van der Waals surface area contributed by atoms with Gasteiger partial charge in [-0.25, -0.2) is 4.39 Å². The number of rotatable bonds is 3. The second-order valence-corrected chi connectivity index (χ2v) is 5.92. The van der Waals surface area contributed by atoms with Gasteiger partial charge < -0.3 is 5.32 Å². The minimum Gasteiger partial charge on any atom is -0.384 e. The summed E-state index contributed by atoms with van der Waals surface area (Å²) in [7, 11) is 0. The fourth-order valence-electron chi connectivity index (χ4n) is 2.46. The van der Waals surface area contributed by atoms with E-state index >= 15 is 0 Å². The molecule has 1 N–H and O–H groups in total. The summed E-state index contributed by atoms with van der Waals surface area (Å²) < 4.78 is 14.1. The molecule has 0 spiro atoms. The van der Waals surface area contributed by atoms with Gasteiger partial charge in [0.25, 0.3) is 0 Å². The first-order valence-electron chi connectivity index (χ1n) is 6.45. The van der Waals surface area contributed by atoms with Crippen molar-refractivity contribution in [3.8, 4) is 0 Å². The van der Waals surface area contributed by atoms with Crippen LogP contribution in [0, 0.1) is 15.3 Å². The lowest BCUT2D eigenvalue weighted by Crippen LogP contribution is -2.14. The summed E-state index contributed by atoms with van der Waals surface area (Å²) >= 11 is 2.07. The molecule has 0 amide bonds. The maximum absolute atomic E-state index is 13.4. The number of hydrogen-bond donors (Lipinski definition) is 1. The molecule has 17 heavy (non-hydrogen) atoms. The van der Waals surface area contributed by atoms with Gasteiger partial charge in [0.1, 0.15) is 5.82 Å². The van der Waals surface area contributed by atoms with E-state index in [4.69, 9.17) is 0 Å². The minimum absolute atomic E-state index is 0.128. The largest absolute Gasteiger partial charge is 0.384 e. The Labute approximate surface area is 116 Å². The van der Waals surface area contributed by atoms with Crippen LogP contribution in [0.5, 0.6) is 0 Å². The van der Waals surface area contributed by atoms with Crippen LogP contribution in [0.25, 0.3) is 0 Å². The molecular formula is C14H19FIN. The zero-order valence-electron chi connectivity index (χ0n) is 10.0. The summed E-state index contributed by atoms with van der Waals surface area (Å²) in [5.41, 5.74) is 0.940. The van der Waals surface area contributed by atoms with Crippen LogP contribution in [-0.2, 0) is 0 Å². The van der Waals surface area contributed by atoms with E-state index in [2.05, 4.69) is 27.9 Å². The van der Waals surface area contributed by atoms with Crippen molar-refractivity contribution >= 4 is 28.3 Å². The Morgan fingerprint density at radius 2 is 1.88 bits per heavy atom. The van der Waals surface area contributed by atoms with E-state index in [0.717, 1.165) is 18.2 Å². The molecule has 1 nitrogen and oxygen atoms in total. The standard InChI is InChI=1S/C14H19FIN/c15-12-8-5-9-13(14(12)16)17-10-11-6-3-1-2-4-7-11/h5,8-9,11,17H,1-4,6-7,10H2. The van der Waals surface area contributed by atoms with E-state index in [0.29, 0.717) is 3.57 Å². The normalized spacial score (nSPS) is 17.8. The maximum Gasteiger partial charge on any atom is 0.138 e. The number of benzene rings is 1. The molecule has 2 rings (SSSR count). The fraction of sp³-hybridized carbons (Fsp3) is 0.571. The summed E-state index contributed by atoms with van der Waals surface area (Å²) in [6.07, 6.45) is 8.11. The zero-order chi connectivity index (χ0) is 12.1. The Bertz CT molecular complexity index is 359. The minimum atomic E-state index is -0.128. The topological polar surface area (TPSA) is 12.0 Å². The molecule has 3 heteroatoms. The molecule has 1 saturated carbocycles. The number of hydrogen-bond acceptors (Lipinski definition) is 1. The van der Waals surface area contributed by atoms with Gasteiger partial charge in [0.15, 0.2) is 0 Å². The molecule has 0 aliphatic heterocycles. The Balaban J connectivity index is 1.90. The van der Waals surface area contributed by atoms with Crippen LogP contribution in [0.1, 0.15) is 38.5 Å². The van der Waals surface area contributed by atoms with Crippen LogP contribution < -0.4 is 5.32 Å². The van der Waals surface area contributed by atoms with Gasteiger partial charge in [0.05, 0.1) is 9.26 Å². The Morgan fingerprint density at radius 3 is 2.59 bits per heavy atom. The number of halogens is 2. The first kappa shape index (κ1) is 13.1. The fourth-order valence-corrected chi connectivity index (χ4v) is 3.01. The molecule has 1 aliphatic rings. The third-order valence-electron chi connectivity index (χ3n) is 3.51. The zero-order valence-corrected chi connectivity index (χ0v) is 12.2. The van der Waals surface area contributed by atoms with Crippen LogP contribution in [0.2, 0.25) is 0 Å². The third-order valence-corrected chi connectivity index (χ3v) is 4.60. The van der Waals surface area contributed by atoms with Crippen molar-refractivity contribution in [1.29, 1.82) is 0 Å². The molecule has 0 saturated heterocycles. The van der Waals surface area contributed by atoms with Gasteiger partial charge >= 0.3 is 0 Å². The van der Waals surface area contributed by atoms with E-state index < -0.39 is 0 Å². The molecule has 0 aromatic heterocycles. The lowest BCUT2D eigenvalue weighted by molar-refractivity contribution is 0.483.